The van der Waals surface area contributed by atoms with Gasteiger partial charge in [0.15, 0.2) is 0 Å². The van der Waals surface area contributed by atoms with Crippen molar-refractivity contribution in [3.63, 3.8) is 0 Å². The Kier molecular flexibility index (Phi) is 31.0. The van der Waals surface area contributed by atoms with Crippen LogP contribution in [0.4, 0.5) is 0 Å². The molecule has 0 aromatic rings. The molecule has 2 nitrogen and oxygen atoms in total. The van der Waals surface area contributed by atoms with Crippen molar-refractivity contribution in [2.75, 3.05) is 13.1 Å². The fourth-order valence-corrected chi connectivity index (χ4v) is 5.20. The minimum absolute atomic E-state index is 0.917. The third-order valence-electron chi connectivity index (χ3n) is 7.69. The summed E-state index contributed by atoms with van der Waals surface area (Å²) >= 11 is 0. The van der Waals surface area contributed by atoms with Gasteiger partial charge in [-0.2, -0.15) is 0 Å². The number of rotatable bonds is 31. The summed E-state index contributed by atoms with van der Waals surface area (Å²) in [4.78, 5) is 13.1. The minimum atomic E-state index is 0.917. The van der Waals surface area contributed by atoms with E-state index in [0.29, 0.717) is 0 Å². The largest absolute Gasteiger partial charge is 0.334 e. The lowest BCUT2D eigenvalue weighted by atomic mass is 10.0. The predicted octanol–water partition coefficient (Wildman–Crippen LogP) is 11.3. The average Bonchev–Trinajstić information content (AvgIpc) is 2.87. The molecule has 0 spiro atoms. The SMILES string of the molecule is CCCCCCCCCCCCCCCCN([C]=O)CCCCCCCCCCCCCCCC. The van der Waals surface area contributed by atoms with Crippen LogP contribution in [0.3, 0.4) is 0 Å². The van der Waals surface area contributed by atoms with Crippen molar-refractivity contribution in [1.29, 1.82) is 0 Å². The van der Waals surface area contributed by atoms with E-state index >= 15 is 0 Å². The van der Waals surface area contributed by atoms with Crippen molar-refractivity contribution in [2.24, 2.45) is 0 Å². The van der Waals surface area contributed by atoms with Crippen LogP contribution >= 0.6 is 0 Å². The Bertz CT molecular complexity index is 351. The minimum Gasteiger partial charge on any atom is -0.334 e. The number of carbonyl (C=O) groups excluding carboxylic acids is 1. The fourth-order valence-electron chi connectivity index (χ4n) is 5.20. The van der Waals surface area contributed by atoms with Crippen molar-refractivity contribution >= 4 is 6.41 Å². The van der Waals surface area contributed by atoms with Crippen LogP contribution < -0.4 is 0 Å². The highest BCUT2D eigenvalue weighted by atomic mass is 16.1. The normalized spacial score (nSPS) is 11.3. The number of nitrogens with zero attached hydrogens (tertiary/aromatic N) is 1. The molecule has 0 heterocycles. The van der Waals surface area contributed by atoms with Crippen molar-refractivity contribution in [1.82, 2.24) is 4.90 Å². The third kappa shape index (κ3) is 29.6. The molecule has 1 radical (unpaired) electrons. The zero-order valence-electron chi connectivity index (χ0n) is 24.6. The Hall–Kier alpha value is -0.530. The van der Waals surface area contributed by atoms with Crippen molar-refractivity contribution in [3.05, 3.63) is 0 Å². The first-order valence-electron chi connectivity index (χ1n) is 16.5. The highest BCUT2D eigenvalue weighted by Gasteiger charge is 2.03. The van der Waals surface area contributed by atoms with Gasteiger partial charge in [-0.15, -0.1) is 0 Å². The van der Waals surface area contributed by atoms with Crippen LogP contribution in [0, 0.1) is 0 Å². The maximum Gasteiger partial charge on any atom is 0.312 e. The molecule has 209 valence electrons. The summed E-state index contributed by atoms with van der Waals surface area (Å²) in [5.41, 5.74) is 0. The first-order chi connectivity index (χ1) is 17.3. The van der Waals surface area contributed by atoms with Gasteiger partial charge in [0.1, 0.15) is 0 Å². The lowest BCUT2D eigenvalue weighted by Gasteiger charge is -2.16. The Labute approximate surface area is 222 Å². The Morgan fingerprint density at radius 1 is 0.343 bits per heavy atom. The van der Waals surface area contributed by atoms with Crippen LogP contribution in [0.15, 0.2) is 0 Å². The van der Waals surface area contributed by atoms with E-state index in [4.69, 9.17) is 0 Å². The zero-order valence-corrected chi connectivity index (χ0v) is 24.6. The number of hydrogen-bond donors (Lipinski definition) is 0. The summed E-state index contributed by atoms with van der Waals surface area (Å²) in [7, 11) is 0. The van der Waals surface area contributed by atoms with Crippen LogP contribution in [0.1, 0.15) is 194 Å². The summed E-state index contributed by atoms with van der Waals surface area (Å²) in [6.45, 7) is 6.41. The first-order valence-corrected chi connectivity index (χ1v) is 16.5. The summed E-state index contributed by atoms with van der Waals surface area (Å²) in [6, 6.07) is 0. The maximum atomic E-state index is 11.2. The molecule has 0 rings (SSSR count). The molecule has 0 aliphatic heterocycles. The van der Waals surface area contributed by atoms with Gasteiger partial charge < -0.3 is 4.90 Å². The second-order valence-corrected chi connectivity index (χ2v) is 11.3. The summed E-state index contributed by atoms with van der Waals surface area (Å²) in [5.74, 6) is 0. The van der Waals surface area contributed by atoms with Crippen molar-refractivity contribution in [2.45, 2.75) is 194 Å². The number of hydrogen-bond acceptors (Lipinski definition) is 1. The van der Waals surface area contributed by atoms with E-state index in [9.17, 15) is 4.79 Å². The molecule has 0 saturated heterocycles. The first kappa shape index (κ1) is 34.5. The molecular formula is C33H66NO. The Morgan fingerprint density at radius 3 is 0.743 bits per heavy atom. The topological polar surface area (TPSA) is 20.3 Å². The zero-order chi connectivity index (χ0) is 25.5. The van der Waals surface area contributed by atoms with Gasteiger partial charge in [-0.05, 0) is 12.8 Å². The summed E-state index contributed by atoms with van der Waals surface area (Å²) in [6.07, 6.45) is 40.9. The summed E-state index contributed by atoms with van der Waals surface area (Å²) in [5, 5.41) is 0. The van der Waals surface area contributed by atoms with Crippen LogP contribution in [0.2, 0.25) is 0 Å². The lowest BCUT2D eigenvalue weighted by molar-refractivity contribution is 0.356. The third-order valence-corrected chi connectivity index (χ3v) is 7.69. The van der Waals surface area contributed by atoms with Gasteiger partial charge in [-0.1, -0.05) is 181 Å². The van der Waals surface area contributed by atoms with Gasteiger partial charge >= 0.3 is 6.41 Å². The maximum absolute atomic E-state index is 11.2. The van der Waals surface area contributed by atoms with Gasteiger partial charge in [0.05, 0.1) is 0 Å². The van der Waals surface area contributed by atoms with E-state index < -0.39 is 0 Å². The van der Waals surface area contributed by atoms with Crippen LogP contribution in [0.25, 0.3) is 0 Å². The molecule has 35 heavy (non-hydrogen) atoms. The molecule has 0 bridgehead atoms. The molecule has 0 aliphatic carbocycles. The molecule has 0 atom stereocenters. The lowest BCUT2D eigenvalue weighted by Crippen LogP contribution is -2.24. The molecule has 2 heteroatoms. The average molecular weight is 493 g/mol. The standard InChI is InChI=1S/C33H66NO/c1-3-5-7-9-11-13-15-17-19-21-23-25-27-29-31-34(33-35)32-30-28-26-24-22-20-18-16-14-12-10-8-6-4-2/h3-32H2,1-2H3. The van der Waals surface area contributed by atoms with Crippen LogP contribution in [0.5, 0.6) is 0 Å². The molecule has 0 fully saturated rings. The highest BCUT2D eigenvalue weighted by molar-refractivity contribution is 5.47. The second kappa shape index (κ2) is 31.5. The molecule has 0 unspecified atom stereocenters. The van der Waals surface area contributed by atoms with Gasteiger partial charge in [0.2, 0.25) is 0 Å². The molecule has 1 amide bonds. The van der Waals surface area contributed by atoms with Gasteiger partial charge in [0, 0.05) is 13.1 Å². The summed E-state index contributed by atoms with van der Waals surface area (Å²) < 4.78 is 0. The van der Waals surface area contributed by atoms with E-state index in [2.05, 4.69) is 20.3 Å². The van der Waals surface area contributed by atoms with E-state index in [0.717, 1.165) is 25.9 Å². The van der Waals surface area contributed by atoms with Gasteiger partial charge in [-0.3, -0.25) is 4.79 Å². The number of amides is 1. The van der Waals surface area contributed by atoms with E-state index in [1.54, 1.807) is 0 Å². The molecule has 0 aromatic heterocycles. The predicted molar refractivity (Wildman–Crippen MR) is 158 cm³/mol. The monoisotopic (exact) mass is 493 g/mol. The van der Waals surface area contributed by atoms with E-state index in [1.807, 2.05) is 4.90 Å². The van der Waals surface area contributed by atoms with Crippen molar-refractivity contribution in [3.8, 4) is 0 Å². The molecule has 0 aliphatic rings. The fraction of sp³-hybridized carbons (Fsp3) is 0.970. The quantitative estimate of drug-likeness (QED) is 0.0695. The van der Waals surface area contributed by atoms with Crippen molar-refractivity contribution < 1.29 is 4.79 Å². The van der Waals surface area contributed by atoms with Gasteiger partial charge in [-0.25, -0.2) is 0 Å². The molecule has 0 N–H and O–H groups in total. The Balaban J connectivity index is 3.26. The molecule has 0 aromatic carbocycles. The van der Waals surface area contributed by atoms with E-state index in [1.165, 1.54) is 167 Å². The van der Waals surface area contributed by atoms with Crippen LogP contribution in [-0.2, 0) is 4.79 Å². The Morgan fingerprint density at radius 2 is 0.543 bits per heavy atom. The van der Waals surface area contributed by atoms with Gasteiger partial charge in [0.25, 0.3) is 0 Å². The smallest absolute Gasteiger partial charge is 0.312 e. The highest BCUT2D eigenvalue weighted by Crippen LogP contribution is 2.14. The van der Waals surface area contributed by atoms with E-state index in [-0.39, 0.29) is 0 Å². The van der Waals surface area contributed by atoms with Crippen LogP contribution in [-0.4, -0.2) is 24.4 Å². The molecular weight excluding hydrogens is 426 g/mol. The second-order valence-electron chi connectivity index (χ2n) is 11.3. The number of unbranched alkanes of at least 4 members (excludes halogenated alkanes) is 26. The molecule has 0 saturated carbocycles.